The van der Waals surface area contributed by atoms with Gasteiger partial charge in [0.1, 0.15) is 11.6 Å². The van der Waals surface area contributed by atoms with Crippen LogP contribution in [0.4, 0.5) is 17.6 Å². The van der Waals surface area contributed by atoms with Gasteiger partial charge in [0.25, 0.3) is 0 Å². The fourth-order valence-corrected chi connectivity index (χ4v) is 4.62. The highest BCUT2D eigenvalue weighted by atomic mass is 32.1. The normalized spacial score (nSPS) is 18.9. The molecule has 2 aliphatic rings. The molecule has 2 N–H and O–H groups in total. The molecule has 0 aliphatic carbocycles. The molecule has 1 aromatic heterocycles. The van der Waals surface area contributed by atoms with E-state index in [4.69, 9.17) is 22.2 Å². The van der Waals surface area contributed by atoms with Crippen LogP contribution in [0.2, 0.25) is 0 Å². The van der Waals surface area contributed by atoms with Crippen molar-refractivity contribution in [2.24, 2.45) is 5.92 Å². The molecule has 2 aromatic rings. The molecule has 30 heavy (non-hydrogen) atoms. The van der Waals surface area contributed by atoms with Crippen LogP contribution in [-0.4, -0.2) is 40.8 Å². The van der Waals surface area contributed by atoms with Gasteiger partial charge in [0.05, 0.1) is 0 Å². The maximum atomic E-state index is 5.45. The van der Waals surface area contributed by atoms with Gasteiger partial charge in [-0.2, -0.15) is 9.97 Å². The maximum absolute atomic E-state index is 5.45. The topological polar surface area (TPSA) is 56.3 Å². The average molecular weight is 425 g/mol. The number of nitrogens with one attached hydrogen (secondary N) is 2. The summed E-state index contributed by atoms with van der Waals surface area (Å²) in [5.74, 6) is 3.19. The van der Waals surface area contributed by atoms with E-state index in [1.807, 2.05) is 0 Å². The van der Waals surface area contributed by atoms with Gasteiger partial charge in [0.2, 0.25) is 5.95 Å². The Hall–Kier alpha value is -2.41. The Morgan fingerprint density at radius 3 is 2.57 bits per heavy atom. The van der Waals surface area contributed by atoms with Crippen LogP contribution < -0.4 is 20.4 Å². The molecular weight excluding hydrogens is 392 g/mol. The molecule has 1 fully saturated rings. The standard InChI is InChI=1S/C23H32N6S/c1-16(2)24-23(30)27-22-25-20(28-11-6-7-17(3)14-28)13-21(26-22)29-12-10-18-8-4-5-9-19(18)15-29/h4-5,8-9,13,16-17H,6-7,10-12,14-15H2,1-3H3,(H2,24,25,26,27,30)/t17-/m0/s1. The van der Waals surface area contributed by atoms with Gasteiger partial charge >= 0.3 is 0 Å². The maximum Gasteiger partial charge on any atom is 0.232 e. The molecule has 2 aliphatic heterocycles. The Labute approximate surface area is 185 Å². The highest BCUT2D eigenvalue weighted by Crippen LogP contribution is 2.29. The summed E-state index contributed by atoms with van der Waals surface area (Å²) in [4.78, 5) is 14.4. The van der Waals surface area contributed by atoms with Crippen LogP contribution >= 0.6 is 12.2 Å². The lowest BCUT2D eigenvalue weighted by Crippen LogP contribution is -2.37. The van der Waals surface area contributed by atoms with Crippen LogP contribution in [0.1, 0.15) is 44.7 Å². The Kier molecular flexibility index (Phi) is 6.37. The molecule has 1 atom stereocenters. The average Bonchev–Trinajstić information content (AvgIpc) is 2.72. The molecular formula is C23H32N6S. The first-order valence-corrected chi connectivity index (χ1v) is 11.4. The molecule has 160 valence electrons. The lowest BCUT2D eigenvalue weighted by atomic mass is 10.00. The third-order valence-corrected chi connectivity index (χ3v) is 6.00. The van der Waals surface area contributed by atoms with E-state index in [-0.39, 0.29) is 6.04 Å². The highest BCUT2D eigenvalue weighted by molar-refractivity contribution is 7.80. The summed E-state index contributed by atoms with van der Waals surface area (Å²) in [5, 5.41) is 6.99. The second kappa shape index (κ2) is 9.16. The summed E-state index contributed by atoms with van der Waals surface area (Å²) in [6.07, 6.45) is 3.52. The van der Waals surface area contributed by atoms with Gasteiger partial charge in [-0.05, 0) is 62.4 Å². The third-order valence-electron chi connectivity index (χ3n) is 5.78. The monoisotopic (exact) mass is 424 g/mol. The van der Waals surface area contributed by atoms with E-state index in [2.05, 4.69) is 71.5 Å². The van der Waals surface area contributed by atoms with Crippen LogP contribution in [0.5, 0.6) is 0 Å². The molecule has 0 saturated carbocycles. The van der Waals surface area contributed by atoms with Gasteiger partial charge < -0.3 is 20.4 Å². The number of benzene rings is 1. The number of fused-ring (bicyclic) bond motifs is 1. The van der Waals surface area contributed by atoms with Gasteiger partial charge in [-0.1, -0.05) is 31.2 Å². The molecule has 3 heterocycles. The highest BCUT2D eigenvalue weighted by Gasteiger charge is 2.23. The minimum Gasteiger partial charge on any atom is -0.360 e. The van der Waals surface area contributed by atoms with Gasteiger partial charge in [0, 0.05) is 38.3 Å². The van der Waals surface area contributed by atoms with Crippen LogP contribution in [-0.2, 0) is 13.0 Å². The smallest absolute Gasteiger partial charge is 0.232 e. The molecule has 1 aromatic carbocycles. The van der Waals surface area contributed by atoms with Crippen LogP contribution in [0, 0.1) is 5.92 Å². The summed E-state index contributed by atoms with van der Waals surface area (Å²) < 4.78 is 0. The Morgan fingerprint density at radius 2 is 1.83 bits per heavy atom. The zero-order chi connectivity index (χ0) is 21.1. The molecule has 1 saturated heterocycles. The van der Waals surface area contributed by atoms with E-state index in [0.29, 0.717) is 17.0 Å². The van der Waals surface area contributed by atoms with Crippen LogP contribution in [0.15, 0.2) is 30.3 Å². The lowest BCUT2D eigenvalue weighted by Gasteiger charge is -2.34. The van der Waals surface area contributed by atoms with Gasteiger partial charge in [0.15, 0.2) is 5.11 Å². The van der Waals surface area contributed by atoms with Crippen molar-refractivity contribution in [3.8, 4) is 0 Å². The van der Waals surface area contributed by atoms with E-state index in [9.17, 15) is 0 Å². The molecule has 0 spiro atoms. The van der Waals surface area contributed by atoms with Crippen LogP contribution in [0.3, 0.4) is 0 Å². The van der Waals surface area contributed by atoms with E-state index in [0.717, 1.165) is 44.2 Å². The second-order valence-electron chi connectivity index (χ2n) is 8.79. The fraction of sp³-hybridized carbons (Fsp3) is 0.522. The van der Waals surface area contributed by atoms with Crippen molar-refractivity contribution in [1.82, 2.24) is 15.3 Å². The summed E-state index contributed by atoms with van der Waals surface area (Å²) >= 11 is 5.45. The van der Waals surface area contributed by atoms with Crippen molar-refractivity contribution in [1.29, 1.82) is 0 Å². The molecule has 4 rings (SSSR count). The van der Waals surface area contributed by atoms with E-state index in [1.54, 1.807) is 0 Å². The van der Waals surface area contributed by atoms with Gasteiger partial charge in [-0.15, -0.1) is 0 Å². The zero-order valence-electron chi connectivity index (χ0n) is 18.2. The minimum atomic E-state index is 0.259. The minimum absolute atomic E-state index is 0.259. The number of rotatable bonds is 4. The Bertz CT molecular complexity index is 899. The summed E-state index contributed by atoms with van der Waals surface area (Å²) in [5.41, 5.74) is 2.82. The van der Waals surface area contributed by atoms with Gasteiger partial charge in [-0.3, -0.25) is 0 Å². The molecule has 7 heteroatoms. The molecule has 6 nitrogen and oxygen atoms in total. The SMILES string of the molecule is CC(C)NC(=S)Nc1nc(N2CCc3ccccc3C2)cc(N2CCC[C@H](C)C2)n1. The predicted octanol–water partition coefficient (Wildman–Crippen LogP) is 3.97. The Balaban J connectivity index is 1.62. The molecule has 0 bridgehead atoms. The predicted molar refractivity (Wildman–Crippen MR) is 128 cm³/mol. The van der Waals surface area contributed by atoms with Crippen LogP contribution in [0.25, 0.3) is 0 Å². The number of nitrogens with zero attached hydrogens (tertiary/aromatic N) is 4. The van der Waals surface area contributed by atoms with Crippen molar-refractivity contribution in [2.45, 2.75) is 52.6 Å². The molecule has 0 amide bonds. The summed E-state index contributed by atoms with van der Waals surface area (Å²) in [7, 11) is 0. The third kappa shape index (κ3) is 5.01. The van der Waals surface area contributed by atoms with Crippen molar-refractivity contribution < 1.29 is 0 Å². The second-order valence-corrected chi connectivity index (χ2v) is 9.20. The fourth-order valence-electron chi connectivity index (χ4n) is 4.29. The van der Waals surface area contributed by atoms with E-state index >= 15 is 0 Å². The first kappa shape index (κ1) is 20.8. The number of hydrogen-bond donors (Lipinski definition) is 2. The summed E-state index contributed by atoms with van der Waals surface area (Å²) in [6, 6.07) is 11.1. The number of hydrogen-bond acceptors (Lipinski definition) is 5. The molecule has 0 radical (unpaired) electrons. The van der Waals surface area contributed by atoms with E-state index < -0.39 is 0 Å². The van der Waals surface area contributed by atoms with Crippen molar-refractivity contribution in [2.75, 3.05) is 34.8 Å². The number of piperidine rings is 1. The zero-order valence-corrected chi connectivity index (χ0v) is 19.0. The lowest BCUT2D eigenvalue weighted by molar-refractivity contribution is 0.444. The number of thiocarbonyl (C=S) groups is 1. The first-order chi connectivity index (χ1) is 14.5. The summed E-state index contributed by atoms with van der Waals surface area (Å²) in [6.45, 7) is 10.4. The first-order valence-electron chi connectivity index (χ1n) is 11.0. The number of anilines is 3. The van der Waals surface area contributed by atoms with Crippen molar-refractivity contribution in [3.05, 3.63) is 41.5 Å². The Morgan fingerprint density at radius 1 is 1.10 bits per heavy atom. The molecule has 0 unspecified atom stereocenters. The van der Waals surface area contributed by atoms with Gasteiger partial charge in [-0.25, -0.2) is 0 Å². The van der Waals surface area contributed by atoms with Crippen molar-refractivity contribution >= 4 is 34.9 Å². The largest absolute Gasteiger partial charge is 0.360 e. The van der Waals surface area contributed by atoms with Crippen molar-refractivity contribution in [3.63, 3.8) is 0 Å². The number of aromatic nitrogens is 2. The van der Waals surface area contributed by atoms with E-state index in [1.165, 1.54) is 24.0 Å². The quantitative estimate of drug-likeness (QED) is 0.720.